The van der Waals surface area contributed by atoms with Gasteiger partial charge in [0.25, 0.3) is 0 Å². The molecule has 0 radical (unpaired) electrons. The molecule has 0 fully saturated rings. The summed E-state index contributed by atoms with van der Waals surface area (Å²) in [4.78, 5) is 11.6. The fourth-order valence-corrected chi connectivity index (χ4v) is 5.96. The summed E-state index contributed by atoms with van der Waals surface area (Å²) in [7, 11) is 0. The summed E-state index contributed by atoms with van der Waals surface area (Å²) in [6, 6.07) is 39.0. The number of rotatable bonds is 5. The topological polar surface area (TPSA) is 37.1 Å². The molecule has 0 bridgehead atoms. The average molecular weight is 723 g/mol. The number of fused-ring (bicyclic) bond motifs is 4. The Bertz CT molecular complexity index is 1850. The normalized spacial score (nSPS) is 12.8. The van der Waals surface area contributed by atoms with E-state index in [-0.39, 0.29) is 27.1 Å². The van der Waals surface area contributed by atoms with Crippen LogP contribution in [0, 0.1) is 19.1 Å². The van der Waals surface area contributed by atoms with E-state index in [4.69, 9.17) is 9.92 Å². The molecule has 40 heavy (non-hydrogen) atoms. The molecule has 7 heteroatoms. The Morgan fingerprint density at radius 2 is 1.57 bits per heavy atom. The van der Waals surface area contributed by atoms with Crippen molar-refractivity contribution in [1.29, 1.82) is 0 Å². The standard InChI is InChI=1S/C33H26N4OS.Pt/c1-22(2)36-30-13-6-7-14-31(30)37(38-36)24-9-8-10-25(20-24)39-26-15-16-28-27-11-4-5-12-29(27)35(32(28)21-26)33-19-23(3)17-18-34-33;/h4-19,22H,1-3H3;/q-2;/p+1. The second-order valence-electron chi connectivity index (χ2n) is 9.96. The number of hydrogen-bond acceptors (Lipinski definition) is 4. The summed E-state index contributed by atoms with van der Waals surface area (Å²) >= 11 is 1.65. The maximum Gasteiger partial charge on any atom is 0.145 e. The van der Waals surface area contributed by atoms with Gasteiger partial charge in [-0.3, -0.25) is 0 Å². The van der Waals surface area contributed by atoms with Crippen molar-refractivity contribution in [1.82, 2.24) is 9.55 Å². The molecular formula is C33H27N4OPtS-. The van der Waals surface area contributed by atoms with Crippen molar-refractivity contribution in [3.05, 3.63) is 115 Å². The number of nitrogens with zero attached hydrogens (tertiary/aromatic N) is 4. The molecular weight excluding hydrogens is 696 g/mol. The van der Waals surface area contributed by atoms with Crippen LogP contribution in [-0.4, -0.2) is 20.5 Å². The molecule has 4 aromatic carbocycles. The Morgan fingerprint density at radius 1 is 0.800 bits per heavy atom. The molecule has 0 saturated heterocycles. The van der Waals surface area contributed by atoms with Crippen LogP contribution in [0.5, 0.6) is 0 Å². The minimum atomic E-state index is 0. The number of pyridine rings is 1. The average Bonchev–Trinajstić information content (AvgIpc) is 3.50. The van der Waals surface area contributed by atoms with Crippen LogP contribution in [0.4, 0.5) is 17.1 Å². The molecule has 0 saturated carbocycles. The van der Waals surface area contributed by atoms with Gasteiger partial charge in [0.2, 0.25) is 0 Å². The number of hydroxylamine groups is 1. The summed E-state index contributed by atoms with van der Waals surface area (Å²) < 4.78 is 2.21. The van der Waals surface area contributed by atoms with Gasteiger partial charge >= 0.3 is 0 Å². The van der Waals surface area contributed by atoms with Crippen LogP contribution in [0.1, 0.15) is 19.4 Å². The molecule has 6 aromatic rings. The third kappa shape index (κ3) is 4.60. The van der Waals surface area contributed by atoms with E-state index in [1.54, 1.807) is 11.8 Å². The van der Waals surface area contributed by atoms with Crippen molar-refractivity contribution < 1.29 is 26.0 Å². The third-order valence-electron chi connectivity index (χ3n) is 6.92. The van der Waals surface area contributed by atoms with Crippen LogP contribution < -0.4 is 10.1 Å². The van der Waals surface area contributed by atoms with Gasteiger partial charge in [-0.1, -0.05) is 35.8 Å². The molecule has 1 aliphatic rings. The molecule has 0 spiro atoms. The Kier molecular flexibility index (Phi) is 7.18. The van der Waals surface area contributed by atoms with Gasteiger partial charge < -0.3 is 4.57 Å². The zero-order chi connectivity index (χ0) is 26.5. The molecule has 0 amide bonds. The Hall–Kier alpha value is -3.57. The van der Waals surface area contributed by atoms with Crippen LogP contribution in [0.25, 0.3) is 27.6 Å². The second kappa shape index (κ2) is 10.8. The van der Waals surface area contributed by atoms with E-state index >= 15 is 0 Å². The van der Waals surface area contributed by atoms with Gasteiger partial charge in [-0.15, -0.1) is 55.3 Å². The summed E-state index contributed by atoms with van der Waals surface area (Å²) in [6.45, 7) is 6.40. The molecule has 2 aromatic heterocycles. The van der Waals surface area contributed by atoms with E-state index in [1.807, 2.05) is 17.3 Å². The predicted octanol–water partition coefficient (Wildman–Crippen LogP) is 8.44. The first-order valence-electron chi connectivity index (χ1n) is 13.1. The monoisotopic (exact) mass is 722 g/mol. The first-order valence-corrected chi connectivity index (χ1v) is 13.9. The molecule has 0 aliphatic carbocycles. The van der Waals surface area contributed by atoms with Crippen molar-refractivity contribution in [3.8, 4) is 5.82 Å². The third-order valence-corrected chi connectivity index (χ3v) is 7.84. The van der Waals surface area contributed by atoms with E-state index in [1.165, 1.54) is 10.9 Å². The van der Waals surface area contributed by atoms with E-state index in [0.29, 0.717) is 0 Å². The number of para-hydroxylation sites is 3. The molecule has 3 heterocycles. The Labute approximate surface area is 252 Å². The number of anilines is 3. The van der Waals surface area contributed by atoms with Gasteiger partial charge in [0, 0.05) is 38.5 Å². The predicted molar refractivity (Wildman–Crippen MR) is 160 cm³/mol. The fourth-order valence-electron chi connectivity index (χ4n) is 5.14. The number of benzene rings is 4. The fraction of sp³-hybridized carbons (Fsp3) is 0.121. The first-order chi connectivity index (χ1) is 19.1. The number of aromatic nitrogens is 2. The first kappa shape index (κ1) is 26.6. The minimum absolute atomic E-state index is 0. The maximum absolute atomic E-state index is 4.90. The van der Waals surface area contributed by atoms with Crippen LogP contribution in [0.3, 0.4) is 0 Å². The van der Waals surface area contributed by atoms with E-state index < -0.39 is 0 Å². The zero-order valence-corrected chi connectivity index (χ0v) is 25.4. The Balaban J connectivity index is 0.00000289. The van der Waals surface area contributed by atoms with Crippen molar-refractivity contribution >= 4 is 50.6 Å². The van der Waals surface area contributed by atoms with E-state index in [2.05, 4.69) is 127 Å². The van der Waals surface area contributed by atoms with Crippen molar-refractivity contribution in [2.45, 2.75) is 36.6 Å². The molecule has 7 rings (SSSR count). The summed E-state index contributed by atoms with van der Waals surface area (Å²) in [5.74, 6) is 0.900. The van der Waals surface area contributed by atoms with Crippen LogP contribution in [0.2, 0.25) is 0 Å². The smallest absolute Gasteiger partial charge is 0.145 e. The van der Waals surface area contributed by atoms with E-state index in [9.17, 15) is 0 Å². The number of hydrogen-bond donors (Lipinski definition) is 0. The SMILES string of the molecule is Cc1ccnc(-n2c3[c-]c(Sc4[c-]c(N5[OH+]N(C(C)C)c6ccccc65)ccc4)ccc3c3ccccc32)c1.[Pt]. The minimum Gasteiger partial charge on any atom is -0.319 e. The van der Waals surface area contributed by atoms with Crippen LogP contribution in [0.15, 0.2) is 107 Å². The van der Waals surface area contributed by atoms with Gasteiger partial charge in [0.15, 0.2) is 0 Å². The Morgan fingerprint density at radius 3 is 2.40 bits per heavy atom. The molecule has 202 valence electrons. The van der Waals surface area contributed by atoms with E-state index in [0.717, 1.165) is 49.1 Å². The zero-order valence-electron chi connectivity index (χ0n) is 22.3. The van der Waals surface area contributed by atoms with Gasteiger partial charge in [-0.05, 0) is 62.1 Å². The van der Waals surface area contributed by atoms with Crippen molar-refractivity contribution in [2.75, 3.05) is 10.1 Å². The number of aryl methyl sites for hydroxylation is 1. The summed E-state index contributed by atoms with van der Waals surface area (Å²) in [5.41, 5.74) is 6.40. The largest absolute Gasteiger partial charge is 0.319 e. The molecule has 1 N–H and O–H groups in total. The molecule has 1 aliphatic heterocycles. The van der Waals surface area contributed by atoms with Crippen LogP contribution in [-0.2, 0) is 21.1 Å². The van der Waals surface area contributed by atoms with Crippen LogP contribution >= 0.6 is 11.8 Å². The van der Waals surface area contributed by atoms with Crippen molar-refractivity contribution in [2.24, 2.45) is 0 Å². The summed E-state index contributed by atoms with van der Waals surface area (Å²) in [6.07, 6.45) is 1.87. The summed E-state index contributed by atoms with van der Waals surface area (Å²) in [5, 5.41) is 6.40. The molecule has 5 nitrogen and oxygen atoms in total. The van der Waals surface area contributed by atoms with Gasteiger partial charge in [-0.25, -0.2) is 4.98 Å². The maximum atomic E-state index is 4.90. The molecule has 0 atom stereocenters. The quantitative estimate of drug-likeness (QED) is 0.132. The second-order valence-corrected chi connectivity index (χ2v) is 11.0. The van der Waals surface area contributed by atoms with Crippen molar-refractivity contribution in [3.63, 3.8) is 0 Å². The van der Waals surface area contributed by atoms with Gasteiger partial charge in [0.1, 0.15) is 17.2 Å². The molecule has 0 unspecified atom stereocenters. The van der Waals surface area contributed by atoms with Gasteiger partial charge in [-0.2, -0.15) is 29.2 Å². The van der Waals surface area contributed by atoms with Gasteiger partial charge in [0.05, 0.1) is 6.04 Å².